The van der Waals surface area contributed by atoms with Crippen LogP contribution >= 0.6 is 11.6 Å². The third-order valence-corrected chi connectivity index (χ3v) is 2.04. The number of aromatic nitrogens is 2. The number of fused-ring (bicyclic) bond motifs is 1. The lowest BCUT2D eigenvalue weighted by atomic mass is 10.2. The van der Waals surface area contributed by atoms with Crippen LogP contribution in [-0.2, 0) is 6.18 Å². The molecule has 0 bridgehead atoms. The Bertz CT molecular complexity index is 475. The molecular formula is C8H4ClF3N2. The Morgan fingerprint density at radius 2 is 2.07 bits per heavy atom. The Hall–Kier alpha value is -1.23. The molecule has 0 unspecified atom stereocenters. The lowest BCUT2D eigenvalue weighted by Crippen LogP contribution is -2.03. The van der Waals surface area contributed by atoms with Gasteiger partial charge in [-0.2, -0.15) is 13.2 Å². The largest absolute Gasteiger partial charge is 0.418 e. The van der Waals surface area contributed by atoms with Crippen molar-refractivity contribution in [3.63, 3.8) is 0 Å². The molecule has 14 heavy (non-hydrogen) atoms. The smallest absolute Gasteiger partial charge is 0.360 e. The fourth-order valence-electron chi connectivity index (χ4n) is 1.23. The second-order valence-electron chi connectivity index (χ2n) is 2.75. The summed E-state index contributed by atoms with van der Waals surface area (Å²) in [5.41, 5.74) is -0.394. The zero-order chi connectivity index (χ0) is 10.3. The molecule has 0 atom stereocenters. The van der Waals surface area contributed by atoms with Crippen LogP contribution in [0.4, 0.5) is 13.2 Å². The highest BCUT2D eigenvalue weighted by molar-refractivity contribution is 6.30. The average molecular weight is 221 g/mol. The number of H-pyrrole nitrogens is 1. The van der Waals surface area contributed by atoms with Gasteiger partial charge in [0.15, 0.2) is 0 Å². The van der Waals surface area contributed by atoms with Gasteiger partial charge in [0, 0.05) is 17.8 Å². The van der Waals surface area contributed by atoms with E-state index in [1.165, 1.54) is 6.07 Å². The van der Waals surface area contributed by atoms with Gasteiger partial charge in [0.05, 0.1) is 11.1 Å². The third-order valence-electron chi connectivity index (χ3n) is 1.84. The number of pyridine rings is 1. The van der Waals surface area contributed by atoms with Crippen LogP contribution in [0.1, 0.15) is 5.56 Å². The predicted molar refractivity (Wildman–Crippen MR) is 46.1 cm³/mol. The molecule has 6 heteroatoms. The number of hydrogen-bond acceptors (Lipinski definition) is 1. The Labute approximate surface area is 81.7 Å². The second-order valence-corrected chi connectivity index (χ2v) is 3.14. The summed E-state index contributed by atoms with van der Waals surface area (Å²) in [6.07, 6.45) is -2.35. The van der Waals surface area contributed by atoms with Crippen molar-refractivity contribution < 1.29 is 13.2 Å². The highest BCUT2D eigenvalue weighted by atomic mass is 35.5. The Balaban J connectivity index is 2.70. The molecule has 0 radical (unpaired) electrons. The quantitative estimate of drug-likeness (QED) is 0.679. The van der Waals surface area contributed by atoms with Crippen molar-refractivity contribution in [3.05, 3.63) is 29.2 Å². The molecule has 0 aliphatic carbocycles. The Morgan fingerprint density at radius 3 is 2.71 bits per heavy atom. The Kier molecular flexibility index (Phi) is 1.92. The van der Waals surface area contributed by atoms with Crippen molar-refractivity contribution in [2.24, 2.45) is 0 Å². The summed E-state index contributed by atoms with van der Waals surface area (Å²) in [6.45, 7) is 0. The van der Waals surface area contributed by atoms with Gasteiger partial charge in [-0.1, -0.05) is 11.6 Å². The zero-order valence-electron chi connectivity index (χ0n) is 6.69. The van der Waals surface area contributed by atoms with E-state index in [0.717, 1.165) is 12.4 Å². The van der Waals surface area contributed by atoms with Crippen LogP contribution in [-0.4, -0.2) is 9.97 Å². The molecule has 0 aromatic carbocycles. The fraction of sp³-hybridized carbons (Fsp3) is 0.125. The van der Waals surface area contributed by atoms with Crippen molar-refractivity contribution >= 4 is 22.5 Å². The summed E-state index contributed by atoms with van der Waals surface area (Å²) in [6, 6.07) is 1.35. The summed E-state index contributed by atoms with van der Waals surface area (Å²) < 4.78 is 37.1. The van der Waals surface area contributed by atoms with Gasteiger partial charge in [-0.15, -0.1) is 0 Å². The van der Waals surface area contributed by atoms with Gasteiger partial charge in [-0.3, -0.25) is 0 Å². The minimum absolute atomic E-state index is 0.0295. The highest BCUT2D eigenvalue weighted by Crippen LogP contribution is 2.34. The topological polar surface area (TPSA) is 28.7 Å². The fourth-order valence-corrected chi connectivity index (χ4v) is 1.38. The van der Waals surface area contributed by atoms with Crippen molar-refractivity contribution in [1.29, 1.82) is 0 Å². The number of nitrogens with one attached hydrogen (secondary N) is 1. The minimum Gasteiger partial charge on any atom is -0.360 e. The number of halogens is 4. The lowest BCUT2D eigenvalue weighted by Gasteiger charge is -2.03. The van der Waals surface area contributed by atoms with Gasteiger partial charge >= 0.3 is 6.18 Å². The maximum Gasteiger partial charge on any atom is 0.418 e. The van der Waals surface area contributed by atoms with Crippen LogP contribution in [0.2, 0.25) is 5.15 Å². The van der Waals surface area contributed by atoms with Crippen LogP contribution in [0.5, 0.6) is 0 Å². The van der Waals surface area contributed by atoms with E-state index in [2.05, 4.69) is 9.97 Å². The number of aromatic amines is 1. The maximum atomic E-state index is 12.4. The first-order valence-corrected chi connectivity index (χ1v) is 4.06. The molecule has 2 heterocycles. The van der Waals surface area contributed by atoms with E-state index in [1.807, 2.05) is 0 Å². The lowest BCUT2D eigenvalue weighted by molar-refractivity contribution is -0.136. The average Bonchev–Trinajstić information content (AvgIpc) is 2.45. The molecule has 2 nitrogen and oxygen atoms in total. The molecule has 74 valence electrons. The first kappa shape index (κ1) is 9.33. The molecule has 2 aromatic rings. The molecule has 2 aromatic heterocycles. The van der Waals surface area contributed by atoms with Gasteiger partial charge in [-0.25, -0.2) is 4.98 Å². The summed E-state index contributed by atoms with van der Waals surface area (Å²) in [5, 5.41) is 0.190. The first-order chi connectivity index (χ1) is 6.48. The zero-order valence-corrected chi connectivity index (χ0v) is 7.45. The molecular weight excluding hydrogens is 217 g/mol. The van der Waals surface area contributed by atoms with Crippen LogP contribution in [0.15, 0.2) is 18.5 Å². The van der Waals surface area contributed by atoms with E-state index in [9.17, 15) is 13.2 Å². The van der Waals surface area contributed by atoms with E-state index in [-0.39, 0.29) is 10.5 Å². The van der Waals surface area contributed by atoms with Crippen LogP contribution < -0.4 is 0 Å². The summed E-state index contributed by atoms with van der Waals surface area (Å²) >= 11 is 5.53. The number of alkyl halides is 3. The molecule has 2 rings (SSSR count). The van der Waals surface area contributed by atoms with Crippen LogP contribution in [0, 0.1) is 0 Å². The van der Waals surface area contributed by atoms with Gasteiger partial charge < -0.3 is 4.98 Å². The monoisotopic (exact) mass is 220 g/mol. The van der Waals surface area contributed by atoms with Gasteiger partial charge in [0.1, 0.15) is 5.15 Å². The second kappa shape index (κ2) is 2.88. The molecule has 0 spiro atoms. The minimum atomic E-state index is -4.37. The van der Waals surface area contributed by atoms with Crippen molar-refractivity contribution in [2.45, 2.75) is 6.18 Å². The molecule has 0 fully saturated rings. The summed E-state index contributed by atoms with van der Waals surface area (Å²) in [7, 11) is 0. The molecule has 0 aliphatic heterocycles. The van der Waals surface area contributed by atoms with Gasteiger partial charge in [-0.05, 0) is 6.07 Å². The summed E-state index contributed by atoms with van der Waals surface area (Å²) in [5.74, 6) is 0. The number of nitrogens with zero attached hydrogens (tertiary/aromatic N) is 1. The van der Waals surface area contributed by atoms with E-state index in [4.69, 9.17) is 11.6 Å². The molecule has 0 amide bonds. The first-order valence-electron chi connectivity index (χ1n) is 3.68. The van der Waals surface area contributed by atoms with Crippen LogP contribution in [0.25, 0.3) is 10.9 Å². The van der Waals surface area contributed by atoms with E-state index in [0.29, 0.717) is 5.52 Å². The van der Waals surface area contributed by atoms with Gasteiger partial charge in [0.25, 0.3) is 0 Å². The normalized spacial score (nSPS) is 12.3. The molecule has 0 aliphatic rings. The maximum absolute atomic E-state index is 12.4. The highest BCUT2D eigenvalue weighted by Gasteiger charge is 2.33. The predicted octanol–water partition coefficient (Wildman–Crippen LogP) is 3.24. The van der Waals surface area contributed by atoms with Crippen molar-refractivity contribution in [3.8, 4) is 0 Å². The molecule has 0 saturated carbocycles. The number of rotatable bonds is 0. The molecule has 0 saturated heterocycles. The van der Waals surface area contributed by atoms with E-state index >= 15 is 0 Å². The van der Waals surface area contributed by atoms with E-state index in [1.54, 1.807) is 0 Å². The summed E-state index contributed by atoms with van der Waals surface area (Å²) in [4.78, 5) is 6.09. The van der Waals surface area contributed by atoms with Crippen molar-refractivity contribution in [1.82, 2.24) is 9.97 Å². The van der Waals surface area contributed by atoms with Crippen molar-refractivity contribution in [2.75, 3.05) is 0 Å². The molecule has 1 N–H and O–H groups in total. The standard InChI is InChI=1S/C8H4ClF3N2/c9-7-1-6-4(2-14-7)5(3-13-6)8(10,11)12/h1-3,13H. The Morgan fingerprint density at radius 1 is 1.36 bits per heavy atom. The SMILES string of the molecule is FC(F)(F)c1c[nH]c2cc(Cl)ncc12. The third kappa shape index (κ3) is 1.43. The number of hydrogen-bond donors (Lipinski definition) is 1. The van der Waals surface area contributed by atoms with E-state index < -0.39 is 11.7 Å². The van der Waals surface area contributed by atoms with Crippen LogP contribution in [0.3, 0.4) is 0 Å². The van der Waals surface area contributed by atoms with Gasteiger partial charge in [0.2, 0.25) is 0 Å².